The van der Waals surface area contributed by atoms with Gasteiger partial charge in [0.15, 0.2) is 5.82 Å². The second-order valence-corrected chi connectivity index (χ2v) is 4.80. The number of aromatic nitrogens is 2. The van der Waals surface area contributed by atoms with Gasteiger partial charge in [0.2, 0.25) is 5.75 Å². The van der Waals surface area contributed by atoms with E-state index < -0.39 is 0 Å². The molecular formula is C14H21N3O2. The van der Waals surface area contributed by atoms with Crippen LogP contribution in [0.15, 0.2) is 18.5 Å². The highest BCUT2D eigenvalue weighted by Gasteiger charge is 2.20. The quantitative estimate of drug-likeness (QED) is 0.827. The molecule has 19 heavy (non-hydrogen) atoms. The van der Waals surface area contributed by atoms with Crippen LogP contribution in [0.5, 0.6) is 11.6 Å². The van der Waals surface area contributed by atoms with Crippen molar-refractivity contribution in [3.63, 3.8) is 0 Å². The Hall–Kier alpha value is -1.78. The van der Waals surface area contributed by atoms with Gasteiger partial charge in [-0.1, -0.05) is 19.1 Å². The number of rotatable bonds is 5. The van der Waals surface area contributed by atoms with Gasteiger partial charge in [0, 0.05) is 7.05 Å². The van der Waals surface area contributed by atoms with Crippen LogP contribution in [-0.2, 0) is 0 Å². The average Bonchev–Trinajstić information content (AvgIpc) is 2.45. The van der Waals surface area contributed by atoms with Crippen molar-refractivity contribution in [2.24, 2.45) is 11.8 Å². The molecule has 0 radical (unpaired) electrons. The zero-order valence-corrected chi connectivity index (χ0v) is 11.7. The van der Waals surface area contributed by atoms with E-state index in [1.54, 1.807) is 14.2 Å². The fourth-order valence-electron chi connectivity index (χ4n) is 2.25. The van der Waals surface area contributed by atoms with Gasteiger partial charge in [0.05, 0.1) is 13.7 Å². The van der Waals surface area contributed by atoms with Gasteiger partial charge in [-0.2, -0.15) is 4.98 Å². The van der Waals surface area contributed by atoms with Crippen molar-refractivity contribution in [1.29, 1.82) is 0 Å². The monoisotopic (exact) mass is 263 g/mol. The molecule has 0 bridgehead atoms. The maximum atomic E-state index is 5.83. The molecule has 104 valence electrons. The maximum absolute atomic E-state index is 5.83. The molecule has 0 spiro atoms. The van der Waals surface area contributed by atoms with E-state index in [1.807, 2.05) is 0 Å². The predicted octanol–water partition coefficient (Wildman–Crippen LogP) is 2.51. The van der Waals surface area contributed by atoms with Gasteiger partial charge in [-0.15, -0.1) is 0 Å². The Balaban J connectivity index is 2.05. The smallest absolute Gasteiger partial charge is 0.262 e. The lowest BCUT2D eigenvalue weighted by Gasteiger charge is -2.25. The first kappa shape index (κ1) is 13.6. The van der Waals surface area contributed by atoms with E-state index in [0.29, 0.717) is 35.9 Å². The Morgan fingerprint density at radius 2 is 2.11 bits per heavy atom. The van der Waals surface area contributed by atoms with Gasteiger partial charge < -0.3 is 14.8 Å². The third-order valence-corrected chi connectivity index (χ3v) is 3.56. The van der Waals surface area contributed by atoms with E-state index in [9.17, 15) is 0 Å². The second-order valence-electron chi connectivity index (χ2n) is 4.80. The van der Waals surface area contributed by atoms with E-state index in [2.05, 4.69) is 34.4 Å². The van der Waals surface area contributed by atoms with Crippen LogP contribution in [-0.4, -0.2) is 30.7 Å². The van der Waals surface area contributed by atoms with Gasteiger partial charge in [-0.25, -0.2) is 4.98 Å². The van der Waals surface area contributed by atoms with Crippen molar-refractivity contribution in [2.75, 3.05) is 26.1 Å². The van der Waals surface area contributed by atoms with Crippen LogP contribution in [0.2, 0.25) is 0 Å². The van der Waals surface area contributed by atoms with Crippen molar-refractivity contribution < 1.29 is 9.47 Å². The summed E-state index contributed by atoms with van der Waals surface area (Å²) in [5.74, 6) is 2.88. The summed E-state index contributed by atoms with van der Waals surface area (Å²) in [6.45, 7) is 2.91. The maximum Gasteiger partial charge on any atom is 0.262 e. The Labute approximate surface area is 114 Å². The highest BCUT2D eigenvalue weighted by atomic mass is 16.5. The van der Waals surface area contributed by atoms with Gasteiger partial charge >= 0.3 is 0 Å². The lowest BCUT2D eigenvalue weighted by molar-refractivity contribution is 0.186. The summed E-state index contributed by atoms with van der Waals surface area (Å²) < 4.78 is 11.1. The summed E-state index contributed by atoms with van der Waals surface area (Å²) >= 11 is 0. The summed E-state index contributed by atoms with van der Waals surface area (Å²) in [6, 6.07) is 0. The highest BCUT2D eigenvalue weighted by molar-refractivity contribution is 5.54. The van der Waals surface area contributed by atoms with E-state index in [4.69, 9.17) is 9.47 Å². The van der Waals surface area contributed by atoms with E-state index in [1.165, 1.54) is 6.33 Å². The average molecular weight is 263 g/mol. The van der Waals surface area contributed by atoms with E-state index in [0.717, 1.165) is 12.8 Å². The molecule has 1 aromatic rings. The second kappa shape index (κ2) is 6.41. The standard InChI is InChI=1S/C14H21N3O2/c1-10-6-4-5-7-11(10)8-19-14-12(18-3)13(15-2)16-9-17-14/h4-5,9-11H,6-8H2,1-3H3,(H,15,16,17). The number of hydrogen-bond donors (Lipinski definition) is 1. The van der Waals surface area contributed by atoms with Gasteiger partial charge in [-0.3, -0.25) is 0 Å². The molecule has 5 heteroatoms. The molecule has 0 aromatic carbocycles. The van der Waals surface area contributed by atoms with Gasteiger partial charge in [-0.05, 0) is 24.7 Å². The minimum Gasteiger partial charge on any atom is -0.489 e. The van der Waals surface area contributed by atoms with Crippen LogP contribution < -0.4 is 14.8 Å². The lowest BCUT2D eigenvalue weighted by Crippen LogP contribution is -2.21. The molecule has 0 aliphatic heterocycles. The van der Waals surface area contributed by atoms with Crippen LogP contribution in [0.4, 0.5) is 5.82 Å². The number of nitrogens with one attached hydrogen (secondary N) is 1. The predicted molar refractivity (Wildman–Crippen MR) is 74.7 cm³/mol. The summed E-state index contributed by atoms with van der Waals surface area (Å²) in [5.41, 5.74) is 0. The van der Waals surface area contributed by atoms with Crippen molar-refractivity contribution in [3.05, 3.63) is 18.5 Å². The number of ether oxygens (including phenoxy) is 2. The largest absolute Gasteiger partial charge is 0.489 e. The Kier molecular flexibility index (Phi) is 4.60. The van der Waals surface area contributed by atoms with Crippen LogP contribution in [0.1, 0.15) is 19.8 Å². The molecule has 1 aliphatic carbocycles. The molecule has 0 saturated heterocycles. The fraction of sp³-hybridized carbons (Fsp3) is 0.571. The first-order chi connectivity index (χ1) is 9.26. The lowest BCUT2D eigenvalue weighted by atomic mass is 9.85. The number of allylic oxidation sites excluding steroid dienone is 2. The molecule has 0 amide bonds. The van der Waals surface area contributed by atoms with Crippen LogP contribution in [0.25, 0.3) is 0 Å². The Morgan fingerprint density at radius 3 is 2.79 bits per heavy atom. The molecule has 1 N–H and O–H groups in total. The summed E-state index contributed by atoms with van der Waals surface area (Å²) in [5, 5.41) is 2.97. The van der Waals surface area contributed by atoms with Crippen molar-refractivity contribution in [2.45, 2.75) is 19.8 Å². The number of nitrogens with zero attached hydrogens (tertiary/aromatic N) is 2. The first-order valence-corrected chi connectivity index (χ1v) is 6.60. The van der Waals surface area contributed by atoms with Gasteiger partial charge in [0.1, 0.15) is 6.33 Å². The number of methoxy groups -OCH3 is 1. The number of hydrogen-bond acceptors (Lipinski definition) is 5. The molecule has 1 heterocycles. The molecule has 5 nitrogen and oxygen atoms in total. The molecule has 0 fully saturated rings. The SMILES string of the molecule is CNc1ncnc(OCC2CC=CCC2C)c1OC. The summed E-state index contributed by atoms with van der Waals surface area (Å²) in [6.07, 6.45) is 8.13. The first-order valence-electron chi connectivity index (χ1n) is 6.60. The molecule has 2 unspecified atom stereocenters. The van der Waals surface area contributed by atoms with Crippen molar-refractivity contribution in [3.8, 4) is 11.6 Å². The number of anilines is 1. The van der Waals surface area contributed by atoms with E-state index in [-0.39, 0.29) is 0 Å². The molecule has 0 saturated carbocycles. The molecule has 1 aromatic heterocycles. The molecular weight excluding hydrogens is 242 g/mol. The summed E-state index contributed by atoms with van der Waals surface area (Å²) in [4.78, 5) is 8.25. The summed E-state index contributed by atoms with van der Waals surface area (Å²) in [7, 11) is 3.39. The minimum atomic E-state index is 0.503. The fourth-order valence-corrected chi connectivity index (χ4v) is 2.25. The zero-order valence-electron chi connectivity index (χ0n) is 11.7. The highest BCUT2D eigenvalue weighted by Crippen LogP contribution is 2.32. The topological polar surface area (TPSA) is 56.3 Å². The van der Waals surface area contributed by atoms with Crippen molar-refractivity contribution in [1.82, 2.24) is 9.97 Å². The molecule has 1 aliphatic rings. The normalized spacial score (nSPS) is 22.1. The van der Waals surface area contributed by atoms with Crippen LogP contribution >= 0.6 is 0 Å². The Bertz CT molecular complexity index is 448. The Morgan fingerprint density at radius 1 is 1.32 bits per heavy atom. The minimum absolute atomic E-state index is 0.503. The van der Waals surface area contributed by atoms with Gasteiger partial charge in [0.25, 0.3) is 5.88 Å². The third kappa shape index (κ3) is 3.16. The zero-order chi connectivity index (χ0) is 13.7. The molecule has 2 atom stereocenters. The third-order valence-electron chi connectivity index (χ3n) is 3.56. The van der Waals surface area contributed by atoms with Crippen LogP contribution in [0.3, 0.4) is 0 Å². The van der Waals surface area contributed by atoms with E-state index >= 15 is 0 Å². The van der Waals surface area contributed by atoms with Crippen LogP contribution in [0, 0.1) is 11.8 Å². The van der Waals surface area contributed by atoms with Crippen molar-refractivity contribution >= 4 is 5.82 Å². The molecule has 2 rings (SSSR count).